The number of pyridine rings is 1. The average Bonchev–Trinajstić information content (AvgIpc) is 3.19. The molecule has 0 spiro atoms. The number of nitrogens with zero attached hydrogens (tertiary/aromatic N) is 3. The van der Waals surface area contributed by atoms with Crippen LogP contribution < -0.4 is 10.6 Å². The third-order valence-electron chi connectivity index (χ3n) is 5.61. The summed E-state index contributed by atoms with van der Waals surface area (Å²) in [6.07, 6.45) is 3.08. The molecule has 1 fully saturated rings. The summed E-state index contributed by atoms with van der Waals surface area (Å²) in [5, 5.41) is 5.94. The number of aromatic nitrogens is 2. The zero-order chi connectivity index (χ0) is 22.9. The summed E-state index contributed by atoms with van der Waals surface area (Å²) in [6, 6.07) is 2.58. The Morgan fingerprint density at radius 2 is 2.03 bits per heavy atom. The molecule has 0 bridgehead atoms. The molecule has 32 heavy (non-hydrogen) atoms. The van der Waals surface area contributed by atoms with Gasteiger partial charge in [0.2, 0.25) is 10.0 Å². The summed E-state index contributed by atoms with van der Waals surface area (Å²) in [4.78, 5) is 33.6. The summed E-state index contributed by atoms with van der Waals surface area (Å²) >= 11 is 0. The predicted octanol–water partition coefficient (Wildman–Crippen LogP) is 0.388. The van der Waals surface area contributed by atoms with Gasteiger partial charge in [-0.05, 0) is 26.0 Å². The average molecular weight is 463 g/mol. The molecule has 0 saturated carbocycles. The maximum Gasteiger partial charge on any atom is 0.337 e. The molecule has 0 aliphatic carbocycles. The molecule has 3 N–H and O–H groups in total. The van der Waals surface area contributed by atoms with E-state index < -0.39 is 22.0 Å². The number of amides is 2. The highest BCUT2D eigenvalue weighted by atomic mass is 32.2. The highest BCUT2D eigenvalue weighted by Crippen LogP contribution is 2.25. The van der Waals surface area contributed by atoms with Gasteiger partial charge in [-0.15, -0.1) is 0 Å². The van der Waals surface area contributed by atoms with E-state index in [1.54, 1.807) is 32.2 Å². The smallest absolute Gasteiger partial charge is 0.337 e. The standard InChI is InChI=1S/C20H26N6O5S/c1-3-31-19(27)17-13(2)23-20(28)24-15(17)12-25-7-9-26(10-8-25)32(29,30)16-11-22-18-14(16)5-4-6-21-18/h4-6,11,13H,3,7-10,12H2,1-2H3,(H,21,22)(H2,23,24,28). The Bertz CT molecular complexity index is 1170. The van der Waals surface area contributed by atoms with Crippen molar-refractivity contribution >= 4 is 33.1 Å². The zero-order valence-corrected chi connectivity index (χ0v) is 18.7. The minimum Gasteiger partial charge on any atom is -0.463 e. The highest BCUT2D eigenvalue weighted by Gasteiger charge is 2.33. The molecule has 2 aromatic rings. The Labute approximate surface area is 185 Å². The van der Waals surface area contributed by atoms with Crippen molar-refractivity contribution in [2.24, 2.45) is 0 Å². The first-order valence-corrected chi connectivity index (χ1v) is 11.9. The lowest BCUT2D eigenvalue weighted by molar-refractivity contribution is -0.139. The molecule has 2 aliphatic heterocycles. The first-order chi connectivity index (χ1) is 15.3. The monoisotopic (exact) mass is 462 g/mol. The van der Waals surface area contributed by atoms with E-state index in [-0.39, 0.29) is 17.5 Å². The van der Waals surface area contributed by atoms with E-state index in [9.17, 15) is 18.0 Å². The van der Waals surface area contributed by atoms with Crippen molar-refractivity contribution in [1.82, 2.24) is 29.8 Å². The van der Waals surface area contributed by atoms with Gasteiger partial charge in [-0.1, -0.05) is 0 Å². The topological polar surface area (TPSA) is 137 Å². The summed E-state index contributed by atoms with van der Waals surface area (Å²) in [5.74, 6) is -0.475. The number of nitrogens with one attached hydrogen (secondary N) is 3. The molecule has 1 saturated heterocycles. The van der Waals surface area contributed by atoms with Crippen molar-refractivity contribution in [1.29, 1.82) is 0 Å². The Kier molecular flexibility index (Phi) is 6.17. The molecule has 2 aromatic heterocycles. The number of urea groups is 1. The van der Waals surface area contributed by atoms with Crippen molar-refractivity contribution in [3.8, 4) is 0 Å². The van der Waals surface area contributed by atoms with Gasteiger partial charge in [0.05, 0.1) is 18.2 Å². The number of rotatable bonds is 6. The van der Waals surface area contributed by atoms with E-state index in [0.29, 0.717) is 55.0 Å². The van der Waals surface area contributed by atoms with Crippen LogP contribution in [0.4, 0.5) is 4.79 Å². The summed E-state index contributed by atoms with van der Waals surface area (Å²) in [7, 11) is -3.68. The molecule has 1 unspecified atom stereocenters. The van der Waals surface area contributed by atoms with Crippen LogP contribution >= 0.6 is 0 Å². The van der Waals surface area contributed by atoms with E-state index in [4.69, 9.17) is 4.74 Å². The number of aromatic amines is 1. The Morgan fingerprint density at radius 3 is 2.75 bits per heavy atom. The summed E-state index contributed by atoms with van der Waals surface area (Å²) in [5.41, 5.74) is 1.39. The number of fused-ring (bicyclic) bond motifs is 1. The van der Waals surface area contributed by atoms with Crippen molar-refractivity contribution in [2.75, 3.05) is 39.3 Å². The number of hydrogen-bond acceptors (Lipinski definition) is 7. The van der Waals surface area contributed by atoms with Crippen LogP contribution in [0.1, 0.15) is 13.8 Å². The van der Waals surface area contributed by atoms with Gasteiger partial charge in [0.15, 0.2) is 0 Å². The van der Waals surface area contributed by atoms with Gasteiger partial charge in [-0.3, -0.25) is 4.90 Å². The zero-order valence-electron chi connectivity index (χ0n) is 17.9. The SMILES string of the molecule is CCOC(=O)C1=C(CN2CCN(S(=O)(=O)c3c[nH]c4ncccc34)CC2)NC(=O)NC1C. The molecule has 4 rings (SSSR count). The van der Waals surface area contributed by atoms with Gasteiger partial charge in [-0.25, -0.2) is 23.0 Å². The fraction of sp³-hybridized carbons (Fsp3) is 0.450. The van der Waals surface area contributed by atoms with Crippen LogP contribution in [0.2, 0.25) is 0 Å². The molecule has 2 aliphatic rings. The second-order valence-corrected chi connectivity index (χ2v) is 9.57. The Hall–Kier alpha value is -2.96. The molecule has 1 atom stereocenters. The molecule has 4 heterocycles. The maximum absolute atomic E-state index is 13.2. The second kappa shape index (κ2) is 8.88. The highest BCUT2D eigenvalue weighted by molar-refractivity contribution is 7.89. The van der Waals surface area contributed by atoms with Gasteiger partial charge in [0, 0.05) is 56.2 Å². The van der Waals surface area contributed by atoms with Crippen LogP contribution in [0.15, 0.2) is 40.7 Å². The van der Waals surface area contributed by atoms with Gasteiger partial charge in [0.1, 0.15) is 10.5 Å². The quantitative estimate of drug-likeness (QED) is 0.528. The third kappa shape index (κ3) is 4.20. The Morgan fingerprint density at radius 1 is 1.28 bits per heavy atom. The number of esters is 1. The number of carbonyl (C=O) groups excluding carboxylic acids is 2. The van der Waals surface area contributed by atoms with Crippen LogP contribution in [0.3, 0.4) is 0 Å². The molecule has 0 aromatic carbocycles. The lowest BCUT2D eigenvalue weighted by Crippen LogP contribution is -2.53. The number of carbonyl (C=O) groups is 2. The molecule has 0 radical (unpaired) electrons. The van der Waals surface area contributed by atoms with E-state index in [1.165, 1.54) is 10.5 Å². The molecular formula is C20H26N6O5S. The fourth-order valence-electron chi connectivity index (χ4n) is 4.04. The lowest BCUT2D eigenvalue weighted by atomic mass is 10.0. The van der Waals surface area contributed by atoms with E-state index in [1.807, 2.05) is 4.90 Å². The second-order valence-electron chi connectivity index (χ2n) is 7.67. The summed E-state index contributed by atoms with van der Waals surface area (Å²) in [6.45, 7) is 5.49. The summed E-state index contributed by atoms with van der Waals surface area (Å²) < 4.78 is 33.0. The third-order valence-corrected chi connectivity index (χ3v) is 7.55. The minimum atomic E-state index is -3.68. The van der Waals surface area contributed by atoms with Crippen LogP contribution in [0.25, 0.3) is 11.0 Å². The molecule has 172 valence electrons. The first kappa shape index (κ1) is 22.2. The fourth-order valence-corrected chi connectivity index (χ4v) is 5.61. The number of H-pyrrole nitrogens is 1. The Balaban J connectivity index is 1.48. The van der Waals surface area contributed by atoms with Crippen LogP contribution in [-0.4, -0.2) is 85.0 Å². The van der Waals surface area contributed by atoms with Crippen LogP contribution in [0.5, 0.6) is 0 Å². The van der Waals surface area contributed by atoms with Crippen molar-refractivity contribution in [3.05, 3.63) is 35.8 Å². The van der Waals surface area contributed by atoms with E-state index in [2.05, 4.69) is 20.6 Å². The maximum atomic E-state index is 13.2. The van der Waals surface area contributed by atoms with Crippen molar-refractivity contribution in [2.45, 2.75) is 24.8 Å². The van der Waals surface area contributed by atoms with Crippen LogP contribution in [-0.2, 0) is 19.6 Å². The predicted molar refractivity (Wildman–Crippen MR) is 116 cm³/mol. The normalized spacial score (nSPS) is 20.8. The van der Waals surface area contributed by atoms with Crippen molar-refractivity contribution in [3.63, 3.8) is 0 Å². The molecule has 12 heteroatoms. The van der Waals surface area contributed by atoms with Gasteiger partial charge < -0.3 is 20.4 Å². The van der Waals surface area contributed by atoms with E-state index >= 15 is 0 Å². The molecule has 2 amide bonds. The van der Waals surface area contributed by atoms with Gasteiger partial charge in [0.25, 0.3) is 0 Å². The molecule has 11 nitrogen and oxygen atoms in total. The first-order valence-electron chi connectivity index (χ1n) is 10.4. The van der Waals surface area contributed by atoms with Crippen LogP contribution in [0, 0.1) is 0 Å². The minimum absolute atomic E-state index is 0.209. The molecular weight excluding hydrogens is 436 g/mol. The lowest BCUT2D eigenvalue weighted by Gasteiger charge is -2.36. The van der Waals surface area contributed by atoms with E-state index in [0.717, 1.165) is 0 Å². The van der Waals surface area contributed by atoms with Gasteiger partial charge >= 0.3 is 12.0 Å². The largest absolute Gasteiger partial charge is 0.463 e. The number of ether oxygens (including phenoxy) is 1. The number of hydrogen-bond donors (Lipinski definition) is 3. The van der Waals surface area contributed by atoms with Crippen molar-refractivity contribution < 1.29 is 22.7 Å². The number of piperazine rings is 1. The van der Waals surface area contributed by atoms with Gasteiger partial charge in [-0.2, -0.15) is 4.31 Å². The number of sulfonamides is 1.